The van der Waals surface area contributed by atoms with Gasteiger partial charge in [0.05, 0.1) is 6.10 Å². The van der Waals surface area contributed by atoms with Crippen LogP contribution in [-0.2, 0) is 0 Å². The summed E-state index contributed by atoms with van der Waals surface area (Å²) >= 11 is 0. The van der Waals surface area contributed by atoms with E-state index >= 15 is 0 Å². The number of rotatable bonds is 3. The predicted molar refractivity (Wildman–Crippen MR) is 70.2 cm³/mol. The Labute approximate surface area is 109 Å². The smallest absolute Gasteiger partial charge is 0.270 e. The highest BCUT2D eigenvalue weighted by Crippen LogP contribution is 2.04. The van der Waals surface area contributed by atoms with E-state index in [9.17, 15) is 9.59 Å². The number of carbonyl (C=O) groups excluding carboxylic acids is 1. The molecule has 2 aromatic heterocycles. The van der Waals surface area contributed by atoms with Crippen LogP contribution in [0.25, 0.3) is 5.65 Å². The van der Waals surface area contributed by atoms with Gasteiger partial charge in [-0.15, -0.1) is 0 Å². The monoisotopic (exact) mass is 261 g/mol. The molecule has 0 aliphatic heterocycles. The van der Waals surface area contributed by atoms with E-state index in [0.717, 1.165) is 5.56 Å². The molecule has 0 radical (unpaired) electrons. The summed E-state index contributed by atoms with van der Waals surface area (Å²) in [6.07, 6.45) is 2.17. The highest BCUT2D eigenvalue weighted by atomic mass is 16.3. The molecule has 0 aliphatic rings. The molecule has 2 rings (SSSR count). The predicted octanol–water partition coefficient (Wildman–Crippen LogP) is 0.114. The second-order valence-electron chi connectivity index (χ2n) is 4.42. The summed E-state index contributed by atoms with van der Waals surface area (Å²) in [6, 6.07) is 3.57. The molecule has 0 aliphatic carbocycles. The van der Waals surface area contributed by atoms with Crippen molar-refractivity contribution in [3.05, 3.63) is 46.0 Å². The maximum Gasteiger partial charge on any atom is 0.270 e. The normalized spacial score (nSPS) is 12.4. The molecule has 1 atom stereocenters. The van der Waals surface area contributed by atoms with E-state index in [4.69, 9.17) is 5.11 Å². The highest BCUT2D eigenvalue weighted by molar-refractivity contribution is 5.93. The van der Waals surface area contributed by atoms with Gasteiger partial charge >= 0.3 is 0 Å². The van der Waals surface area contributed by atoms with Gasteiger partial charge in [0.2, 0.25) is 0 Å². The average Bonchev–Trinajstić information content (AvgIpc) is 2.37. The molecule has 0 aromatic carbocycles. The first-order valence-electron chi connectivity index (χ1n) is 5.94. The number of fused-ring (bicyclic) bond motifs is 1. The number of aryl methyl sites for hydroxylation is 1. The molecule has 0 saturated carbocycles. The van der Waals surface area contributed by atoms with Crippen LogP contribution < -0.4 is 10.9 Å². The van der Waals surface area contributed by atoms with Crippen molar-refractivity contribution in [3.63, 3.8) is 0 Å². The van der Waals surface area contributed by atoms with E-state index in [0.29, 0.717) is 5.65 Å². The fraction of sp³-hybridized carbons (Fsp3) is 0.308. The van der Waals surface area contributed by atoms with Crippen LogP contribution in [0.5, 0.6) is 0 Å². The molecule has 0 bridgehead atoms. The summed E-state index contributed by atoms with van der Waals surface area (Å²) in [5, 5.41) is 11.6. The van der Waals surface area contributed by atoms with Crippen LogP contribution in [0.15, 0.2) is 29.3 Å². The van der Waals surface area contributed by atoms with Crippen LogP contribution in [0.4, 0.5) is 0 Å². The molecule has 0 fully saturated rings. The van der Waals surface area contributed by atoms with Gasteiger partial charge in [0, 0.05) is 18.9 Å². The average molecular weight is 261 g/mol. The summed E-state index contributed by atoms with van der Waals surface area (Å²) in [7, 11) is 0. The fourth-order valence-electron chi connectivity index (χ4n) is 1.74. The van der Waals surface area contributed by atoms with Crippen molar-refractivity contribution in [2.24, 2.45) is 0 Å². The zero-order chi connectivity index (χ0) is 14.0. The minimum absolute atomic E-state index is 0.0382. The van der Waals surface area contributed by atoms with E-state index in [-0.39, 0.29) is 12.1 Å². The summed E-state index contributed by atoms with van der Waals surface area (Å²) in [5.41, 5.74) is 0.927. The number of pyridine rings is 1. The molecule has 19 heavy (non-hydrogen) atoms. The lowest BCUT2D eigenvalue weighted by Crippen LogP contribution is -2.35. The summed E-state index contributed by atoms with van der Waals surface area (Å²) in [5.74, 6) is -0.533. The Hall–Kier alpha value is -2.21. The van der Waals surface area contributed by atoms with Gasteiger partial charge in [-0.25, -0.2) is 4.98 Å². The first kappa shape index (κ1) is 13.2. The molecule has 1 unspecified atom stereocenters. The van der Waals surface area contributed by atoms with Crippen molar-refractivity contribution in [2.75, 3.05) is 6.54 Å². The zero-order valence-corrected chi connectivity index (χ0v) is 10.8. The van der Waals surface area contributed by atoms with Gasteiger partial charge in [-0.05, 0) is 25.5 Å². The maximum absolute atomic E-state index is 12.2. The van der Waals surface area contributed by atoms with Gasteiger partial charge in [0.15, 0.2) is 0 Å². The van der Waals surface area contributed by atoms with Gasteiger partial charge in [-0.2, -0.15) is 0 Å². The van der Waals surface area contributed by atoms with Crippen LogP contribution >= 0.6 is 0 Å². The van der Waals surface area contributed by atoms with Gasteiger partial charge in [-0.3, -0.25) is 14.0 Å². The topological polar surface area (TPSA) is 83.7 Å². The number of aliphatic hydroxyl groups excluding tert-OH is 1. The fourth-order valence-corrected chi connectivity index (χ4v) is 1.74. The van der Waals surface area contributed by atoms with Crippen molar-refractivity contribution in [1.82, 2.24) is 14.7 Å². The van der Waals surface area contributed by atoms with Crippen LogP contribution in [0.2, 0.25) is 0 Å². The van der Waals surface area contributed by atoms with Crippen molar-refractivity contribution in [3.8, 4) is 0 Å². The molecule has 0 spiro atoms. The van der Waals surface area contributed by atoms with Gasteiger partial charge < -0.3 is 10.4 Å². The number of nitrogens with zero attached hydrogens (tertiary/aromatic N) is 2. The van der Waals surface area contributed by atoms with Gasteiger partial charge in [-0.1, -0.05) is 6.07 Å². The first-order chi connectivity index (χ1) is 9.00. The number of aromatic nitrogens is 2. The molecule has 6 heteroatoms. The van der Waals surface area contributed by atoms with Crippen LogP contribution in [0, 0.1) is 6.92 Å². The second kappa shape index (κ2) is 5.19. The lowest BCUT2D eigenvalue weighted by Gasteiger charge is -2.08. The molecule has 6 nitrogen and oxygen atoms in total. The maximum atomic E-state index is 12.2. The number of aliphatic hydroxyl groups is 1. The Morgan fingerprint density at radius 3 is 3.00 bits per heavy atom. The van der Waals surface area contributed by atoms with Gasteiger partial charge in [0.1, 0.15) is 11.2 Å². The van der Waals surface area contributed by atoms with Crippen molar-refractivity contribution in [2.45, 2.75) is 20.0 Å². The van der Waals surface area contributed by atoms with E-state index in [1.807, 2.05) is 13.0 Å². The van der Waals surface area contributed by atoms with E-state index < -0.39 is 17.6 Å². The quantitative estimate of drug-likeness (QED) is 0.821. The lowest BCUT2D eigenvalue weighted by atomic mass is 10.2. The molecule has 2 aromatic rings. The first-order valence-corrected chi connectivity index (χ1v) is 5.94. The Morgan fingerprint density at radius 2 is 2.32 bits per heavy atom. The number of nitrogens with one attached hydrogen (secondary N) is 1. The van der Waals surface area contributed by atoms with E-state index in [1.165, 1.54) is 10.6 Å². The SMILES string of the molecule is Cc1cccn2c(=O)c(C(=O)NCC(C)O)cnc12. The Morgan fingerprint density at radius 1 is 1.58 bits per heavy atom. The van der Waals surface area contributed by atoms with Crippen molar-refractivity contribution < 1.29 is 9.90 Å². The Bertz CT molecular complexity index is 676. The zero-order valence-electron chi connectivity index (χ0n) is 10.8. The van der Waals surface area contributed by atoms with Crippen LogP contribution in [0.3, 0.4) is 0 Å². The summed E-state index contributed by atoms with van der Waals surface area (Å²) < 4.78 is 1.34. The van der Waals surface area contributed by atoms with E-state index in [2.05, 4.69) is 10.3 Å². The lowest BCUT2D eigenvalue weighted by molar-refractivity contribution is 0.0922. The molecular formula is C13H15N3O3. The van der Waals surface area contributed by atoms with Crippen molar-refractivity contribution in [1.29, 1.82) is 0 Å². The molecule has 2 heterocycles. The number of carbonyl (C=O) groups is 1. The third-order valence-electron chi connectivity index (χ3n) is 2.73. The molecule has 2 N–H and O–H groups in total. The highest BCUT2D eigenvalue weighted by Gasteiger charge is 2.13. The Kier molecular flexibility index (Phi) is 3.62. The van der Waals surface area contributed by atoms with Crippen LogP contribution in [-0.4, -0.2) is 33.0 Å². The third-order valence-corrected chi connectivity index (χ3v) is 2.73. The standard InChI is InChI=1S/C13H15N3O3/c1-8-4-3-5-16-11(8)14-7-10(13(16)19)12(18)15-6-9(2)17/h3-5,7,9,17H,6H2,1-2H3,(H,15,18). The second-order valence-corrected chi connectivity index (χ2v) is 4.42. The van der Waals surface area contributed by atoms with Crippen LogP contribution in [0.1, 0.15) is 22.8 Å². The minimum Gasteiger partial charge on any atom is -0.392 e. The summed E-state index contributed by atoms with van der Waals surface area (Å²) in [6.45, 7) is 3.49. The third kappa shape index (κ3) is 2.63. The number of hydrogen-bond donors (Lipinski definition) is 2. The van der Waals surface area contributed by atoms with Gasteiger partial charge in [0.25, 0.3) is 11.5 Å². The molecule has 100 valence electrons. The minimum atomic E-state index is -0.664. The number of amides is 1. The molecule has 1 amide bonds. The molecular weight excluding hydrogens is 246 g/mol. The number of hydrogen-bond acceptors (Lipinski definition) is 4. The molecule has 0 saturated heterocycles. The largest absolute Gasteiger partial charge is 0.392 e. The van der Waals surface area contributed by atoms with E-state index in [1.54, 1.807) is 19.2 Å². The Balaban J connectivity index is 2.43. The van der Waals surface area contributed by atoms with Crippen molar-refractivity contribution >= 4 is 11.6 Å². The summed E-state index contributed by atoms with van der Waals surface area (Å²) in [4.78, 5) is 28.1.